The van der Waals surface area contributed by atoms with E-state index in [4.69, 9.17) is 0 Å². The van der Waals surface area contributed by atoms with Crippen LogP contribution in [0.5, 0.6) is 0 Å². The molecule has 25 heavy (non-hydrogen) atoms. The first-order valence-corrected chi connectivity index (χ1v) is 8.72. The fourth-order valence-electron chi connectivity index (χ4n) is 3.13. The van der Waals surface area contributed by atoms with Crippen molar-refractivity contribution in [2.75, 3.05) is 12.4 Å². The van der Waals surface area contributed by atoms with Gasteiger partial charge in [-0.3, -0.25) is 5.84 Å². The number of halogens is 1. The maximum absolute atomic E-state index is 14.0. The first-order valence-electron chi connectivity index (χ1n) is 8.72. The van der Waals surface area contributed by atoms with Crippen LogP contribution in [0.15, 0.2) is 49.2 Å². The normalized spacial score (nSPS) is 12.8. The first-order chi connectivity index (χ1) is 12.1. The van der Waals surface area contributed by atoms with Crippen molar-refractivity contribution < 1.29 is 4.39 Å². The van der Waals surface area contributed by atoms with E-state index in [1.54, 1.807) is 12.1 Å². The van der Waals surface area contributed by atoms with Crippen LogP contribution in [0, 0.1) is 12.7 Å². The molecule has 1 aliphatic rings. The van der Waals surface area contributed by atoms with Gasteiger partial charge in [-0.25, -0.2) is 4.39 Å². The predicted molar refractivity (Wildman–Crippen MR) is 104 cm³/mol. The second kappa shape index (κ2) is 9.23. The van der Waals surface area contributed by atoms with Crippen LogP contribution < -0.4 is 16.6 Å². The lowest BCUT2D eigenvalue weighted by atomic mass is 9.94. The van der Waals surface area contributed by atoms with Crippen molar-refractivity contribution in [1.82, 2.24) is 5.43 Å². The van der Waals surface area contributed by atoms with Crippen LogP contribution in [-0.4, -0.2) is 7.05 Å². The number of nitrogens with two attached hydrogens (primary N) is 1. The third-order valence-electron chi connectivity index (χ3n) is 4.59. The van der Waals surface area contributed by atoms with Gasteiger partial charge in [0.05, 0.1) is 0 Å². The molecule has 0 saturated heterocycles. The third-order valence-corrected chi connectivity index (χ3v) is 4.59. The summed E-state index contributed by atoms with van der Waals surface area (Å²) in [6.07, 6.45) is 5.64. The minimum absolute atomic E-state index is 0.0788. The molecule has 1 fully saturated rings. The van der Waals surface area contributed by atoms with Gasteiger partial charge in [0.1, 0.15) is 5.82 Å². The number of rotatable bonds is 6. The largest absolute Gasteiger partial charge is 0.388 e. The highest BCUT2D eigenvalue weighted by molar-refractivity contribution is 5.56. The SMILES string of the molecule is C=CNN.CNc1cccc(C2CC2)c1CCc1c(C)cccc1F. The van der Waals surface area contributed by atoms with Crippen molar-refractivity contribution >= 4 is 5.69 Å². The van der Waals surface area contributed by atoms with E-state index >= 15 is 0 Å². The fourth-order valence-corrected chi connectivity index (χ4v) is 3.13. The molecule has 0 amide bonds. The van der Waals surface area contributed by atoms with Crippen LogP contribution >= 0.6 is 0 Å². The molecule has 3 rings (SSSR count). The van der Waals surface area contributed by atoms with Crippen molar-refractivity contribution in [3.05, 3.63) is 77.2 Å². The van der Waals surface area contributed by atoms with E-state index in [9.17, 15) is 4.39 Å². The summed E-state index contributed by atoms with van der Waals surface area (Å²) < 4.78 is 14.0. The highest BCUT2D eigenvalue weighted by Crippen LogP contribution is 2.43. The number of aryl methyl sites for hydroxylation is 1. The van der Waals surface area contributed by atoms with Gasteiger partial charge < -0.3 is 10.7 Å². The lowest BCUT2D eigenvalue weighted by Crippen LogP contribution is -2.11. The first kappa shape index (κ1) is 19.0. The Kier molecular flexibility index (Phi) is 7.02. The molecule has 0 bridgehead atoms. The van der Waals surface area contributed by atoms with Gasteiger partial charge in [-0.2, -0.15) is 0 Å². The van der Waals surface area contributed by atoms with Crippen LogP contribution in [0.2, 0.25) is 0 Å². The molecule has 2 aromatic rings. The molecule has 0 radical (unpaired) electrons. The van der Waals surface area contributed by atoms with Crippen molar-refractivity contribution in [3.63, 3.8) is 0 Å². The topological polar surface area (TPSA) is 50.1 Å². The summed E-state index contributed by atoms with van der Waals surface area (Å²) in [4.78, 5) is 0. The molecule has 134 valence electrons. The Morgan fingerprint density at radius 2 is 1.80 bits per heavy atom. The maximum atomic E-state index is 14.0. The van der Waals surface area contributed by atoms with Crippen molar-refractivity contribution in [1.29, 1.82) is 0 Å². The van der Waals surface area contributed by atoms with Crippen LogP contribution in [-0.2, 0) is 12.8 Å². The standard InChI is InChI=1S/C19H22FN.C2H6N2/c1-13-5-3-7-18(20)15(13)11-12-17-16(14-9-10-14)6-4-8-19(17)21-2;1-2-4-3/h3-8,14,21H,9-12H2,1-2H3;2,4H,1,3H2. The molecule has 0 spiro atoms. The molecule has 0 aromatic heterocycles. The van der Waals surface area contributed by atoms with Gasteiger partial charge in [0.2, 0.25) is 0 Å². The van der Waals surface area contributed by atoms with Gasteiger partial charge in [-0.15, -0.1) is 0 Å². The second-order valence-electron chi connectivity index (χ2n) is 6.30. The molecular formula is C21H28FN3. The molecular weight excluding hydrogens is 313 g/mol. The summed E-state index contributed by atoms with van der Waals surface area (Å²) in [6, 6.07) is 11.8. The number of nitrogens with one attached hydrogen (secondary N) is 2. The number of hydrazine groups is 1. The molecule has 4 heteroatoms. The van der Waals surface area contributed by atoms with Gasteiger partial charge in [0.15, 0.2) is 0 Å². The van der Waals surface area contributed by atoms with E-state index in [0.29, 0.717) is 0 Å². The van der Waals surface area contributed by atoms with Gasteiger partial charge in [-0.1, -0.05) is 30.8 Å². The summed E-state index contributed by atoms with van der Waals surface area (Å²) in [6.45, 7) is 5.23. The van der Waals surface area contributed by atoms with Gasteiger partial charge in [-0.05, 0) is 72.9 Å². The Morgan fingerprint density at radius 3 is 2.36 bits per heavy atom. The van der Waals surface area contributed by atoms with Gasteiger partial charge in [0.25, 0.3) is 0 Å². The lowest BCUT2D eigenvalue weighted by Gasteiger charge is -2.15. The molecule has 0 unspecified atom stereocenters. The summed E-state index contributed by atoms with van der Waals surface area (Å²) >= 11 is 0. The summed E-state index contributed by atoms with van der Waals surface area (Å²) in [5.41, 5.74) is 8.10. The van der Waals surface area contributed by atoms with Crippen LogP contribution in [0.4, 0.5) is 10.1 Å². The highest BCUT2D eigenvalue weighted by Gasteiger charge is 2.26. The summed E-state index contributed by atoms with van der Waals surface area (Å²) in [5, 5.41) is 3.29. The van der Waals surface area contributed by atoms with Crippen molar-refractivity contribution in [3.8, 4) is 0 Å². The maximum Gasteiger partial charge on any atom is 0.126 e. The van der Waals surface area contributed by atoms with Gasteiger partial charge >= 0.3 is 0 Å². The van der Waals surface area contributed by atoms with E-state index in [-0.39, 0.29) is 5.82 Å². The molecule has 0 aliphatic heterocycles. The minimum Gasteiger partial charge on any atom is -0.388 e. The van der Waals surface area contributed by atoms with Crippen LogP contribution in [0.3, 0.4) is 0 Å². The number of benzene rings is 2. The number of hydrogen-bond acceptors (Lipinski definition) is 3. The predicted octanol–water partition coefficient (Wildman–Crippen LogP) is 4.43. The molecule has 4 N–H and O–H groups in total. The molecule has 1 aliphatic carbocycles. The number of hydrogen-bond donors (Lipinski definition) is 3. The van der Waals surface area contributed by atoms with Crippen LogP contribution in [0.25, 0.3) is 0 Å². The zero-order valence-corrected chi connectivity index (χ0v) is 15.1. The molecule has 0 heterocycles. The van der Waals surface area contributed by atoms with E-state index < -0.39 is 0 Å². The quantitative estimate of drug-likeness (QED) is 0.538. The molecule has 3 nitrogen and oxygen atoms in total. The smallest absolute Gasteiger partial charge is 0.126 e. The Hall–Kier alpha value is -2.33. The van der Waals surface area contributed by atoms with E-state index in [0.717, 1.165) is 29.9 Å². The van der Waals surface area contributed by atoms with Crippen molar-refractivity contribution in [2.45, 2.75) is 38.5 Å². The zero-order chi connectivity index (χ0) is 18.2. The van der Waals surface area contributed by atoms with Crippen molar-refractivity contribution in [2.24, 2.45) is 5.84 Å². The monoisotopic (exact) mass is 341 g/mol. The highest BCUT2D eigenvalue weighted by atomic mass is 19.1. The van der Waals surface area contributed by atoms with E-state index in [1.807, 2.05) is 20.0 Å². The summed E-state index contributed by atoms with van der Waals surface area (Å²) in [7, 11) is 1.96. The third kappa shape index (κ3) is 5.07. The van der Waals surface area contributed by atoms with E-state index in [1.165, 1.54) is 35.9 Å². The Labute approximate surface area is 150 Å². The average molecular weight is 341 g/mol. The average Bonchev–Trinajstić information content (AvgIpc) is 3.46. The molecule has 0 atom stereocenters. The Balaban J connectivity index is 0.000000511. The minimum atomic E-state index is -0.0788. The van der Waals surface area contributed by atoms with Gasteiger partial charge in [0, 0.05) is 18.9 Å². The number of anilines is 1. The Morgan fingerprint density at radius 1 is 1.16 bits per heavy atom. The molecule has 1 saturated carbocycles. The second-order valence-corrected chi connectivity index (χ2v) is 6.30. The Bertz CT molecular complexity index is 688. The van der Waals surface area contributed by atoms with E-state index in [2.05, 4.69) is 41.4 Å². The lowest BCUT2D eigenvalue weighted by molar-refractivity contribution is 0.606. The molecule has 2 aromatic carbocycles. The van der Waals surface area contributed by atoms with Crippen LogP contribution in [0.1, 0.15) is 41.0 Å². The zero-order valence-electron chi connectivity index (χ0n) is 15.1. The summed E-state index contributed by atoms with van der Waals surface area (Å²) in [5.74, 6) is 5.30. The fraction of sp³-hybridized carbons (Fsp3) is 0.333.